The molecule has 0 radical (unpaired) electrons. The fraction of sp³-hybridized carbons (Fsp3) is 0.579. The lowest BCUT2D eigenvalue weighted by molar-refractivity contribution is -0.118. The third-order valence-electron chi connectivity index (χ3n) is 5.39. The quantitative estimate of drug-likeness (QED) is 0.924. The van der Waals surface area contributed by atoms with Crippen LogP contribution in [0.2, 0.25) is 0 Å². The molecule has 2 atom stereocenters. The Morgan fingerprint density at radius 1 is 1.29 bits per heavy atom. The second kappa shape index (κ2) is 6.93. The zero-order chi connectivity index (χ0) is 17.3. The van der Waals surface area contributed by atoms with Crippen LogP contribution in [0, 0.1) is 5.92 Å². The number of benzene rings is 1. The topological polar surface area (TPSA) is 60.9 Å². The molecule has 2 aliphatic rings. The number of aryl methyl sites for hydroxylation is 1. The number of carbonyl (C=O) groups is 2. The molecule has 0 spiro atoms. The molecule has 1 aliphatic heterocycles. The summed E-state index contributed by atoms with van der Waals surface area (Å²) in [4.78, 5) is 27.9. The van der Waals surface area contributed by atoms with Crippen molar-refractivity contribution in [3.63, 3.8) is 0 Å². The molecule has 1 aliphatic carbocycles. The van der Waals surface area contributed by atoms with Crippen LogP contribution >= 0.6 is 0 Å². The third-order valence-corrected chi connectivity index (χ3v) is 5.39. The van der Waals surface area contributed by atoms with Gasteiger partial charge in [0.05, 0.1) is 6.10 Å². The molecule has 130 valence electrons. The van der Waals surface area contributed by atoms with Gasteiger partial charge in [-0.15, -0.1) is 0 Å². The van der Waals surface area contributed by atoms with Gasteiger partial charge in [-0.1, -0.05) is 12.8 Å². The molecule has 24 heavy (non-hydrogen) atoms. The predicted octanol–water partition coefficient (Wildman–Crippen LogP) is 2.22. The highest BCUT2D eigenvalue weighted by molar-refractivity contribution is 5.98. The highest BCUT2D eigenvalue weighted by Crippen LogP contribution is 2.29. The molecule has 1 aromatic carbocycles. The van der Waals surface area contributed by atoms with E-state index >= 15 is 0 Å². The Morgan fingerprint density at radius 3 is 2.79 bits per heavy atom. The lowest BCUT2D eigenvalue weighted by atomic mass is 9.86. The van der Waals surface area contributed by atoms with Crippen molar-refractivity contribution in [1.82, 2.24) is 4.90 Å². The number of aliphatic hydroxyl groups is 1. The molecule has 1 N–H and O–H groups in total. The SMILES string of the molecule is CN(CC1CCCCC1O)C(=O)c1ccc2c(c1)CCC(=O)N2C. The summed E-state index contributed by atoms with van der Waals surface area (Å²) in [5.41, 5.74) is 2.60. The number of fused-ring (bicyclic) bond motifs is 1. The lowest BCUT2D eigenvalue weighted by Crippen LogP contribution is -2.38. The molecule has 1 fully saturated rings. The van der Waals surface area contributed by atoms with E-state index in [1.807, 2.05) is 12.1 Å². The van der Waals surface area contributed by atoms with Gasteiger partial charge in [0, 0.05) is 44.2 Å². The molecule has 1 saturated carbocycles. The van der Waals surface area contributed by atoms with Crippen LogP contribution in [0.3, 0.4) is 0 Å². The maximum absolute atomic E-state index is 12.7. The molecule has 1 heterocycles. The summed E-state index contributed by atoms with van der Waals surface area (Å²) in [6.07, 6.45) is 4.91. The molecule has 3 rings (SSSR count). The summed E-state index contributed by atoms with van der Waals surface area (Å²) < 4.78 is 0. The minimum atomic E-state index is -0.294. The number of amides is 2. The first-order valence-electron chi connectivity index (χ1n) is 8.80. The monoisotopic (exact) mass is 330 g/mol. The Morgan fingerprint density at radius 2 is 2.04 bits per heavy atom. The molecule has 0 saturated heterocycles. The van der Waals surface area contributed by atoms with Gasteiger partial charge in [-0.3, -0.25) is 9.59 Å². The van der Waals surface area contributed by atoms with E-state index in [9.17, 15) is 14.7 Å². The molecule has 1 aromatic rings. The molecule has 0 aromatic heterocycles. The normalized spacial score (nSPS) is 23.8. The van der Waals surface area contributed by atoms with Crippen molar-refractivity contribution in [2.75, 3.05) is 25.5 Å². The Kier molecular flexibility index (Phi) is 4.90. The molecule has 5 nitrogen and oxygen atoms in total. The van der Waals surface area contributed by atoms with E-state index in [1.165, 1.54) is 0 Å². The number of hydrogen-bond donors (Lipinski definition) is 1. The van der Waals surface area contributed by atoms with Gasteiger partial charge in [0.1, 0.15) is 0 Å². The molecule has 2 amide bonds. The molecule has 0 bridgehead atoms. The Hall–Kier alpha value is -1.88. The van der Waals surface area contributed by atoms with E-state index in [-0.39, 0.29) is 23.8 Å². The minimum Gasteiger partial charge on any atom is -0.393 e. The molecule has 2 unspecified atom stereocenters. The lowest BCUT2D eigenvalue weighted by Gasteiger charge is -2.31. The summed E-state index contributed by atoms with van der Waals surface area (Å²) in [7, 11) is 3.58. The van der Waals surface area contributed by atoms with Crippen LogP contribution in [-0.2, 0) is 11.2 Å². The molecule has 5 heteroatoms. The van der Waals surface area contributed by atoms with Gasteiger partial charge in [-0.25, -0.2) is 0 Å². The maximum Gasteiger partial charge on any atom is 0.253 e. The number of aliphatic hydroxyl groups excluding tert-OH is 1. The van der Waals surface area contributed by atoms with Crippen molar-refractivity contribution in [3.05, 3.63) is 29.3 Å². The summed E-state index contributed by atoms with van der Waals surface area (Å²) in [6, 6.07) is 5.57. The number of hydrogen-bond acceptors (Lipinski definition) is 3. The van der Waals surface area contributed by atoms with Crippen molar-refractivity contribution in [2.24, 2.45) is 5.92 Å². The number of anilines is 1. The first-order chi connectivity index (χ1) is 11.5. The van der Waals surface area contributed by atoms with Crippen LogP contribution < -0.4 is 4.90 Å². The van der Waals surface area contributed by atoms with Gasteiger partial charge in [-0.05, 0) is 43.0 Å². The second-order valence-corrected chi connectivity index (χ2v) is 7.09. The van der Waals surface area contributed by atoms with Crippen LogP contribution in [0.5, 0.6) is 0 Å². The van der Waals surface area contributed by atoms with Gasteiger partial charge in [0.2, 0.25) is 5.91 Å². The highest BCUT2D eigenvalue weighted by Gasteiger charge is 2.27. The first kappa shape index (κ1) is 17.0. The van der Waals surface area contributed by atoms with Crippen LogP contribution in [-0.4, -0.2) is 48.6 Å². The van der Waals surface area contributed by atoms with Gasteiger partial charge >= 0.3 is 0 Å². The van der Waals surface area contributed by atoms with E-state index < -0.39 is 0 Å². The zero-order valence-electron chi connectivity index (χ0n) is 14.5. The first-order valence-corrected chi connectivity index (χ1v) is 8.80. The van der Waals surface area contributed by atoms with Crippen LogP contribution in [0.4, 0.5) is 5.69 Å². The van der Waals surface area contributed by atoms with Crippen LogP contribution in [0.15, 0.2) is 18.2 Å². The van der Waals surface area contributed by atoms with Gasteiger partial charge in [-0.2, -0.15) is 0 Å². The number of carbonyl (C=O) groups excluding carboxylic acids is 2. The van der Waals surface area contributed by atoms with Crippen molar-refractivity contribution < 1.29 is 14.7 Å². The smallest absolute Gasteiger partial charge is 0.253 e. The summed E-state index contributed by atoms with van der Waals surface area (Å²) >= 11 is 0. The average molecular weight is 330 g/mol. The fourth-order valence-electron chi connectivity index (χ4n) is 3.85. The van der Waals surface area contributed by atoms with Gasteiger partial charge < -0.3 is 14.9 Å². The number of rotatable bonds is 3. The van der Waals surface area contributed by atoms with E-state index in [0.29, 0.717) is 24.9 Å². The zero-order valence-corrected chi connectivity index (χ0v) is 14.5. The Bertz CT molecular complexity index is 643. The summed E-state index contributed by atoms with van der Waals surface area (Å²) in [5.74, 6) is 0.272. The van der Waals surface area contributed by atoms with Crippen LogP contribution in [0.25, 0.3) is 0 Å². The third kappa shape index (κ3) is 3.31. The molecular formula is C19H26N2O3. The second-order valence-electron chi connectivity index (χ2n) is 7.09. The van der Waals surface area contributed by atoms with Crippen molar-refractivity contribution >= 4 is 17.5 Å². The Balaban J connectivity index is 1.71. The highest BCUT2D eigenvalue weighted by atomic mass is 16.3. The van der Waals surface area contributed by atoms with E-state index in [4.69, 9.17) is 0 Å². The van der Waals surface area contributed by atoms with Gasteiger partial charge in [0.25, 0.3) is 5.91 Å². The maximum atomic E-state index is 12.7. The van der Waals surface area contributed by atoms with E-state index in [0.717, 1.165) is 36.9 Å². The standard InChI is InChI=1S/C19H26N2O3/c1-20(12-15-5-3-4-6-17(15)22)19(24)14-7-9-16-13(11-14)8-10-18(23)21(16)2/h7,9,11,15,17,22H,3-6,8,10,12H2,1-2H3. The van der Waals surface area contributed by atoms with E-state index in [2.05, 4.69) is 0 Å². The summed E-state index contributed by atoms with van der Waals surface area (Å²) in [6.45, 7) is 0.593. The van der Waals surface area contributed by atoms with E-state index in [1.54, 1.807) is 30.0 Å². The average Bonchev–Trinajstić information content (AvgIpc) is 2.59. The number of nitrogens with zero attached hydrogens (tertiary/aromatic N) is 2. The largest absolute Gasteiger partial charge is 0.393 e. The predicted molar refractivity (Wildman–Crippen MR) is 93.1 cm³/mol. The van der Waals surface area contributed by atoms with Gasteiger partial charge in [0.15, 0.2) is 0 Å². The Labute approximate surface area is 143 Å². The van der Waals surface area contributed by atoms with Crippen molar-refractivity contribution in [2.45, 2.75) is 44.6 Å². The summed E-state index contributed by atoms with van der Waals surface area (Å²) in [5, 5.41) is 10.1. The molecular weight excluding hydrogens is 304 g/mol. The van der Waals surface area contributed by atoms with Crippen molar-refractivity contribution in [1.29, 1.82) is 0 Å². The van der Waals surface area contributed by atoms with Crippen LogP contribution in [0.1, 0.15) is 48.0 Å². The minimum absolute atomic E-state index is 0.0184. The van der Waals surface area contributed by atoms with Crippen molar-refractivity contribution in [3.8, 4) is 0 Å². The fourth-order valence-corrected chi connectivity index (χ4v) is 3.85.